The van der Waals surface area contributed by atoms with Crippen LogP contribution in [0.4, 0.5) is 19.4 Å². The van der Waals surface area contributed by atoms with E-state index < -0.39 is 20.5 Å². The van der Waals surface area contributed by atoms with Crippen molar-refractivity contribution in [2.45, 2.75) is 23.6 Å². The van der Waals surface area contributed by atoms with E-state index >= 15 is 0 Å². The van der Waals surface area contributed by atoms with E-state index in [2.05, 4.69) is 0 Å². The molecule has 1 aromatic rings. The smallest absolute Gasteiger partial charge is 0.118 e. The first-order valence-corrected chi connectivity index (χ1v) is 6.81. The topological polar surface area (TPSA) is 0 Å². The monoisotopic (exact) mass is 280 g/mol. The Kier molecular flexibility index (Phi) is 2.76. The minimum atomic E-state index is -9.54. The minimum Gasteiger partial charge on any atom is -0.118 e. The number of benzene rings is 1. The molecule has 94 valence electrons. The molecule has 0 radical (unpaired) electrons. The third-order valence-electron chi connectivity index (χ3n) is 2.05. The van der Waals surface area contributed by atoms with Gasteiger partial charge in [-0.05, 0) is 24.1 Å². The minimum absolute atomic E-state index is 0.377. The zero-order valence-corrected chi connectivity index (χ0v) is 9.84. The van der Waals surface area contributed by atoms with E-state index in [0.29, 0.717) is 24.1 Å². The Balaban J connectivity index is 3.16. The lowest BCUT2D eigenvalue weighted by molar-refractivity contribution is 0.364. The van der Waals surface area contributed by atoms with E-state index in [4.69, 9.17) is 11.6 Å². The van der Waals surface area contributed by atoms with Gasteiger partial charge in [-0.2, -0.15) is 0 Å². The summed E-state index contributed by atoms with van der Waals surface area (Å²) in [5.74, 6) is 0. The van der Waals surface area contributed by atoms with Crippen LogP contribution in [0, 0.1) is 0 Å². The molecule has 0 saturated heterocycles. The fourth-order valence-electron chi connectivity index (χ4n) is 1.17. The van der Waals surface area contributed by atoms with Crippen LogP contribution in [-0.4, -0.2) is 0 Å². The molecular weight excluding hydrogens is 271 g/mol. The van der Waals surface area contributed by atoms with Gasteiger partial charge in [-0.1, -0.05) is 38.5 Å². The van der Waals surface area contributed by atoms with Gasteiger partial charge in [0.1, 0.15) is 4.90 Å². The van der Waals surface area contributed by atoms with Crippen LogP contribution < -0.4 is 0 Å². The summed E-state index contributed by atoms with van der Waals surface area (Å²) >= 11 is 5.77. The molecule has 0 saturated carbocycles. The van der Waals surface area contributed by atoms with Crippen LogP contribution in [0.1, 0.15) is 24.3 Å². The molecule has 0 heterocycles. The van der Waals surface area contributed by atoms with E-state index in [1.165, 1.54) is 0 Å². The van der Waals surface area contributed by atoms with Crippen molar-refractivity contribution in [2.24, 2.45) is 0 Å². The van der Waals surface area contributed by atoms with Gasteiger partial charge in [-0.3, -0.25) is 0 Å². The highest BCUT2D eigenvalue weighted by atomic mass is 35.5. The second kappa shape index (κ2) is 3.26. The molecule has 0 spiro atoms. The van der Waals surface area contributed by atoms with Crippen LogP contribution in [0.15, 0.2) is 29.2 Å². The van der Waals surface area contributed by atoms with Crippen molar-refractivity contribution in [3.05, 3.63) is 29.8 Å². The van der Waals surface area contributed by atoms with Gasteiger partial charge in [-0.15, -0.1) is 11.6 Å². The lowest BCUT2D eigenvalue weighted by atomic mass is 10.1. The van der Waals surface area contributed by atoms with Crippen molar-refractivity contribution >= 4 is 21.8 Å². The Bertz CT molecular complexity index is 382. The van der Waals surface area contributed by atoms with Gasteiger partial charge in [0.25, 0.3) is 0 Å². The fraction of sp³-hybridized carbons (Fsp3) is 0.333. The van der Waals surface area contributed by atoms with Gasteiger partial charge in [0.2, 0.25) is 0 Å². The van der Waals surface area contributed by atoms with Crippen LogP contribution >= 0.6 is 21.8 Å². The zero-order valence-electron chi connectivity index (χ0n) is 8.27. The lowest BCUT2D eigenvalue weighted by Crippen LogP contribution is -2.06. The molecule has 0 fully saturated rings. The average Bonchev–Trinajstić information content (AvgIpc) is 2.13. The largest absolute Gasteiger partial charge is 0.310 e. The van der Waals surface area contributed by atoms with Crippen molar-refractivity contribution in [3.8, 4) is 0 Å². The van der Waals surface area contributed by atoms with Crippen molar-refractivity contribution < 1.29 is 19.4 Å². The van der Waals surface area contributed by atoms with E-state index in [1.807, 2.05) is 0 Å². The van der Waals surface area contributed by atoms with Gasteiger partial charge in [-0.25, -0.2) is 0 Å². The molecule has 0 aliphatic rings. The molecule has 0 bridgehead atoms. The predicted octanol–water partition coefficient (Wildman–Crippen LogP) is 6.03. The maximum absolute atomic E-state index is 12.3. The van der Waals surface area contributed by atoms with Gasteiger partial charge < -0.3 is 0 Å². The van der Waals surface area contributed by atoms with Crippen molar-refractivity contribution in [2.75, 3.05) is 0 Å². The van der Waals surface area contributed by atoms with Crippen molar-refractivity contribution in [1.82, 2.24) is 0 Å². The first kappa shape index (κ1) is 13.6. The summed E-state index contributed by atoms with van der Waals surface area (Å²) < 4.78 is 61.6. The summed E-state index contributed by atoms with van der Waals surface area (Å²) in [5, 5.41) is -0.465. The molecule has 0 nitrogen and oxygen atoms in total. The van der Waals surface area contributed by atoms with Crippen LogP contribution in [0.2, 0.25) is 0 Å². The van der Waals surface area contributed by atoms with E-state index in [9.17, 15) is 19.4 Å². The lowest BCUT2D eigenvalue weighted by Gasteiger charge is -2.40. The molecule has 1 atom stereocenters. The van der Waals surface area contributed by atoms with E-state index in [-0.39, 0.29) is 0 Å². The first-order chi connectivity index (χ1) is 6.94. The van der Waals surface area contributed by atoms with Crippen molar-refractivity contribution in [1.29, 1.82) is 0 Å². The first-order valence-electron chi connectivity index (χ1n) is 4.42. The molecule has 1 unspecified atom stereocenters. The molecule has 0 aliphatic carbocycles. The molecular formula is C9H10ClF5S. The van der Waals surface area contributed by atoms with Crippen LogP contribution in [-0.2, 0) is 0 Å². The number of rotatable bonds is 3. The second-order valence-electron chi connectivity index (χ2n) is 3.41. The number of hydrogen-bond acceptors (Lipinski definition) is 0. The maximum atomic E-state index is 12.3. The number of halogens is 6. The van der Waals surface area contributed by atoms with Crippen LogP contribution in [0.25, 0.3) is 0 Å². The third-order valence-corrected chi connectivity index (χ3v) is 3.77. The summed E-state index contributed by atoms with van der Waals surface area (Å²) in [4.78, 5) is -1.89. The summed E-state index contributed by atoms with van der Waals surface area (Å²) in [6, 6.07) is 2.71. The highest BCUT2D eigenvalue weighted by Gasteiger charge is 2.65. The summed E-state index contributed by atoms with van der Waals surface area (Å²) in [7, 11) is -9.54. The highest BCUT2D eigenvalue weighted by molar-refractivity contribution is 8.45. The zero-order chi connectivity index (χ0) is 12.7. The average molecular weight is 281 g/mol. The molecule has 1 rings (SSSR count). The molecule has 7 heteroatoms. The molecule has 0 aromatic heterocycles. The van der Waals surface area contributed by atoms with Gasteiger partial charge in [0.05, 0.1) is 5.38 Å². The number of alkyl halides is 1. The van der Waals surface area contributed by atoms with E-state index in [1.54, 1.807) is 6.92 Å². The summed E-state index contributed by atoms with van der Waals surface area (Å²) in [6.45, 7) is 1.75. The van der Waals surface area contributed by atoms with E-state index in [0.717, 1.165) is 12.1 Å². The Morgan fingerprint density at radius 2 is 1.50 bits per heavy atom. The third kappa shape index (κ3) is 3.25. The second-order valence-corrected chi connectivity index (χ2v) is 6.35. The van der Waals surface area contributed by atoms with Gasteiger partial charge in [0.15, 0.2) is 0 Å². The van der Waals surface area contributed by atoms with Crippen LogP contribution in [0.3, 0.4) is 0 Å². The van der Waals surface area contributed by atoms with Gasteiger partial charge in [0, 0.05) is 0 Å². The van der Waals surface area contributed by atoms with Crippen molar-refractivity contribution in [3.63, 3.8) is 0 Å². The standard InChI is InChI=1S/C9H10ClF5S/c1-2-9(10)7-3-5-8(6-4-7)16(11,12,13,14)15/h3-6,9H,2H2,1H3. The molecule has 1 aromatic carbocycles. The SMILES string of the molecule is CCC(Cl)c1ccc(S(F)(F)(F)(F)F)cc1. The Morgan fingerprint density at radius 1 is 1.06 bits per heavy atom. The summed E-state index contributed by atoms with van der Waals surface area (Å²) in [5.41, 5.74) is 0.398. The highest BCUT2D eigenvalue weighted by Crippen LogP contribution is 3.02. The van der Waals surface area contributed by atoms with Gasteiger partial charge >= 0.3 is 10.2 Å². The Hall–Kier alpha value is -0.490. The predicted molar refractivity (Wildman–Crippen MR) is 56.7 cm³/mol. The molecule has 16 heavy (non-hydrogen) atoms. The molecule has 0 N–H and O–H groups in total. The normalized spacial score (nSPS) is 18.7. The van der Waals surface area contributed by atoms with Crippen LogP contribution in [0.5, 0.6) is 0 Å². The molecule has 0 amide bonds. The fourth-order valence-corrected chi connectivity index (χ4v) is 1.97. The quantitative estimate of drug-likeness (QED) is 0.468. The Labute approximate surface area is 95.1 Å². The number of hydrogen-bond donors (Lipinski definition) is 0. The Morgan fingerprint density at radius 3 is 1.81 bits per heavy atom. The maximum Gasteiger partial charge on any atom is 0.310 e. The summed E-state index contributed by atoms with van der Waals surface area (Å²) in [6.07, 6.45) is 0.511. The molecule has 0 aliphatic heterocycles.